The number of hydrogen-bond acceptors (Lipinski definition) is 3. The van der Waals surface area contributed by atoms with Crippen LogP contribution in [-0.2, 0) is 4.79 Å². The molecule has 0 aliphatic rings. The van der Waals surface area contributed by atoms with E-state index in [4.69, 9.17) is 5.73 Å². The highest BCUT2D eigenvalue weighted by atomic mass is 79.9. The van der Waals surface area contributed by atoms with E-state index in [9.17, 15) is 9.59 Å². The number of carbonyl (C=O) groups is 2. The van der Waals surface area contributed by atoms with E-state index in [1.807, 2.05) is 6.92 Å². The molecule has 4 N–H and O–H groups in total. The minimum atomic E-state index is -0.251. The predicted molar refractivity (Wildman–Crippen MR) is 74.2 cm³/mol. The third kappa shape index (κ3) is 4.03. The fraction of sp³-hybridized carbons (Fsp3) is 0.333. The van der Waals surface area contributed by atoms with Crippen molar-refractivity contribution in [3.05, 3.63) is 28.2 Å². The number of carbonyl (C=O) groups excluding carboxylic acids is 2. The summed E-state index contributed by atoms with van der Waals surface area (Å²) in [5.41, 5.74) is 6.65. The van der Waals surface area contributed by atoms with Gasteiger partial charge >= 0.3 is 0 Å². The van der Waals surface area contributed by atoms with Gasteiger partial charge in [0, 0.05) is 25.2 Å². The van der Waals surface area contributed by atoms with Gasteiger partial charge in [0.05, 0.1) is 10.0 Å². The van der Waals surface area contributed by atoms with E-state index in [1.165, 1.54) is 0 Å². The van der Waals surface area contributed by atoms with E-state index in [0.29, 0.717) is 28.8 Å². The number of rotatable bonds is 5. The van der Waals surface area contributed by atoms with Gasteiger partial charge in [0.25, 0.3) is 5.91 Å². The van der Waals surface area contributed by atoms with Crippen LogP contribution in [0.3, 0.4) is 0 Å². The molecule has 0 unspecified atom stereocenters. The normalized spacial score (nSPS) is 9.89. The number of nitrogens with one attached hydrogen (secondary N) is 2. The number of nitrogen functional groups attached to an aromatic ring is 1. The molecule has 0 radical (unpaired) electrons. The van der Waals surface area contributed by atoms with Crippen molar-refractivity contribution in [2.75, 3.05) is 18.8 Å². The number of halogens is 1. The highest BCUT2D eigenvalue weighted by Gasteiger charge is 2.11. The summed E-state index contributed by atoms with van der Waals surface area (Å²) >= 11 is 3.26. The van der Waals surface area contributed by atoms with Crippen LogP contribution in [0.15, 0.2) is 22.7 Å². The fourth-order valence-corrected chi connectivity index (χ4v) is 1.84. The van der Waals surface area contributed by atoms with E-state index in [1.54, 1.807) is 18.2 Å². The molecule has 0 bridgehead atoms. The molecular weight excluding hydrogens is 298 g/mol. The zero-order valence-electron chi connectivity index (χ0n) is 10.1. The molecule has 0 heterocycles. The molecule has 98 valence electrons. The Labute approximate surface area is 114 Å². The van der Waals surface area contributed by atoms with Crippen LogP contribution in [0.4, 0.5) is 5.69 Å². The molecule has 0 aromatic heterocycles. The summed E-state index contributed by atoms with van der Waals surface area (Å²) in [4.78, 5) is 23.0. The molecule has 5 nitrogen and oxygen atoms in total. The maximum absolute atomic E-state index is 11.8. The fourth-order valence-electron chi connectivity index (χ4n) is 1.40. The Bertz CT molecular complexity index is 449. The van der Waals surface area contributed by atoms with Crippen molar-refractivity contribution in [3.8, 4) is 0 Å². The summed E-state index contributed by atoms with van der Waals surface area (Å²) in [6.45, 7) is 2.74. The van der Waals surface area contributed by atoms with Crippen LogP contribution in [-0.4, -0.2) is 24.9 Å². The molecule has 0 saturated carbocycles. The van der Waals surface area contributed by atoms with Crippen LogP contribution in [0.1, 0.15) is 23.7 Å². The maximum atomic E-state index is 11.8. The largest absolute Gasteiger partial charge is 0.398 e. The summed E-state index contributed by atoms with van der Waals surface area (Å²) in [5.74, 6) is -0.331. The van der Waals surface area contributed by atoms with Crippen LogP contribution >= 0.6 is 15.9 Å². The second-order valence-corrected chi connectivity index (χ2v) is 4.46. The molecule has 0 aliphatic carbocycles. The summed E-state index contributed by atoms with van der Waals surface area (Å²) < 4.78 is 0.570. The zero-order valence-corrected chi connectivity index (χ0v) is 11.7. The lowest BCUT2D eigenvalue weighted by molar-refractivity contribution is -0.120. The van der Waals surface area contributed by atoms with Gasteiger partial charge in [-0.2, -0.15) is 0 Å². The summed E-state index contributed by atoms with van der Waals surface area (Å²) in [6, 6.07) is 5.08. The summed E-state index contributed by atoms with van der Waals surface area (Å²) in [6.07, 6.45) is 0.263. The van der Waals surface area contributed by atoms with Crippen molar-refractivity contribution < 1.29 is 9.59 Å². The number of amides is 2. The maximum Gasteiger partial charge on any atom is 0.252 e. The molecule has 0 aliphatic heterocycles. The number of nitrogens with two attached hydrogens (primary N) is 1. The second kappa shape index (κ2) is 7.00. The lowest BCUT2D eigenvalue weighted by atomic mass is 10.2. The van der Waals surface area contributed by atoms with E-state index in [-0.39, 0.29) is 18.2 Å². The van der Waals surface area contributed by atoms with Crippen LogP contribution < -0.4 is 16.4 Å². The summed E-state index contributed by atoms with van der Waals surface area (Å²) in [5, 5.41) is 5.33. The first kappa shape index (κ1) is 14.5. The van der Waals surface area contributed by atoms with E-state index in [0.717, 1.165) is 0 Å². The Morgan fingerprint density at radius 3 is 2.72 bits per heavy atom. The smallest absolute Gasteiger partial charge is 0.252 e. The average Bonchev–Trinajstić information content (AvgIpc) is 2.33. The lowest BCUT2D eigenvalue weighted by Gasteiger charge is -2.08. The molecule has 0 fully saturated rings. The van der Waals surface area contributed by atoms with Crippen LogP contribution in [0.25, 0.3) is 0 Å². The van der Waals surface area contributed by atoms with Crippen molar-refractivity contribution in [2.45, 2.75) is 13.3 Å². The number of benzene rings is 1. The Kier molecular flexibility index (Phi) is 5.64. The number of anilines is 1. The molecule has 0 spiro atoms. The number of hydrogen-bond donors (Lipinski definition) is 3. The lowest BCUT2D eigenvalue weighted by Crippen LogP contribution is -2.30. The van der Waals surface area contributed by atoms with E-state index < -0.39 is 0 Å². The zero-order chi connectivity index (χ0) is 13.5. The minimum Gasteiger partial charge on any atom is -0.398 e. The Morgan fingerprint density at radius 1 is 1.33 bits per heavy atom. The van der Waals surface area contributed by atoms with Crippen molar-refractivity contribution >= 4 is 33.4 Å². The van der Waals surface area contributed by atoms with Crippen LogP contribution in [0.2, 0.25) is 0 Å². The van der Waals surface area contributed by atoms with E-state index in [2.05, 4.69) is 26.6 Å². The van der Waals surface area contributed by atoms with Gasteiger partial charge in [-0.25, -0.2) is 0 Å². The molecule has 18 heavy (non-hydrogen) atoms. The SMILES string of the molecule is CCNC(=O)CCNC(=O)c1cccc(N)c1Br. The molecule has 0 atom stereocenters. The molecule has 1 aromatic carbocycles. The highest BCUT2D eigenvalue weighted by Crippen LogP contribution is 2.23. The quantitative estimate of drug-likeness (QED) is 0.716. The van der Waals surface area contributed by atoms with Crippen molar-refractivity contribution in [1.82, 2.24) is 10.6 Å². The van der Waals surface area contributed by atoms with Gasteiger partial charge in [0.15, 0.2) is 0 Å². The average molecular weight is 314 g/mol. The van der Waals surface area contributed by atoms with Crippen molar-refractivity contribution in [1.29, 1.82) is 0 Å². The van der Waals surface area contributed by atoms with Crippen molar-refractivity contribution in [3.63, 3.8) is 0 Å². The van der Waals surface area contributed by atoms with Gasteiger partial charge in [0.2, 0.25) is 5.91 Å². The van der Waals surface area contributed by atoms with Gasteiger partial charge in [0.1, 0.15) is 0 Å². The molecule has 2 amide bonds. The van der Waals surface area contributed by atoms with Crippen molar-refractivity contribution in [2.24, 2.45) is 0 Å². The topological polar surface area (TPSA) is 84.2 Å². The first-order valence-corrected chi connectivity index (χ1v) is 6.44. The third-order valence-electron chi connectivity index (χ3n) is 2.28. The molecule has 0 saturated heterocycles. The summed E-state index contributed by atoms with van der Waals surface area (Å²) in [7, 11) is 0. The first-order valence-electron chi connectivity index (χ1n) is 5.65. The standard InChI is InChI=1S/C12H16BrN3O2/c1-2-15-10(17)6-7-16-12(18)8-4-3-5-9(14)11(8)13/h3-5H,2,6-7,14H2,1H3,(H,15,17)(H,16,18). The van der Waals surface area contributed by atoms with Gasteiger partial charge in [-0.3, -0.25) is 9.59 Å². The second-order valence-electron chi connectivity index (χ2n) is 3.67. The molecule has 1 aromatic rings. The molecule has 1 rings (SSSR count). The Balaban J connectivity index is 2.51. The Morgan fingerprint density at radius 2 is 2.06 bits per heavy atom. The minimum absolute atomic E-state index is 0.0792. The highest BCUT2D eigenvalue weighted by molar-refractivity contribution is 9.10. The molecular formula is C12H16BrN3O2. The van der Waals surface area contributed by atoms with Crippen LogP contribution in [0.5, 0.6) is 0 Å². The third-order valence-corrected chi connectivity index (χ3v) is 3.17. The van der Waals surface area contributed by atoms with Gasteiger partial charge in [-0.05, 0) is 35.0 Å². The van der Waals surface area contributed by atoms with Crippen LogP contribution in [0, 0.1) is 0 Å². The molecule has 6 heteroatoms. The first-order chi connectivity index (χ1) is 8.56. The van der Waals surface area contributed by atoms with Gasteiger partial charge < -0.3 is 16.4 Å². The van der Waals surface area contributed by atoms with Gasteiger partial charge in [-0.1, -0.05) is 6.07 Å². The monoisotopic (exact) mass is 313 g/mol. The van der Waals surface area contributed by atoms with E-state index >= 15 is 0 Å². The predicted octanol–water partition coefficient (Wildman–Crippen LogP) is 1.29. The Hall–Kier alpha value is -1.56. The van der Waals surface area contributed by atoms with Gasteiger partial charge in [-0.15, -0.1) is 0 Å².